The third kappa shape index (κ3) is 8.66. The van der Waals surface area contributed by atoms with Gasteiger partial charge in [0.1, 0.15) is 24.1 Å². The highest BCUT2D eigenvalue weighted by Gasteiger charge is 2.32. The molecule has 0 saturated carbocycles. The summed E-state index contributed by atoms with van der Waals surface area (Å²) in [7, 11) is -2.23. The maximum atomic E-state index is 13.7. The van der Waals surface area contributed by atoms with Crippen molar-refractivity contribution in [3.05, 3.63) is 54.1 Å². The van der Waals surface area contributed by atoms with Crippen molar-refractivity contribution in [3.8, 4) is 11.5 Å². The van der Waals surface area contributed by atoms with Gasteiger partial charge < -0.3 is 19.7 Å². The Labute approximate surface area is 220 Å². The third-order valence-corrected chi connectivity index (χ3v) is 7.15. The van der Waals surface area contributed by atoms with E-state index in [0.717, 1.165) is 22.5 Å². The maximum absolute atomic E-state index is 13.7. The Morgan fingerprint density at radius 3 is 2.03 bits per heavy atom. The van der Waals surface area contributed by atoms with E-state index in [4.69, 9.17) is 9.47 Å². The Hall–Kier alpha value is -3.27. The van der Waals surface area contributed by atoms with Gasteiger partial charge in [-0.15, -0.1) is 0 Å². The van der Waals surface area contributed by atoms with Crippen LogP contribution in [-0.4, -0.2) is 63.7 Å². The summed E-state index contributed by atoms with van der Waals surface area (Å²) < 4.78 is 37.1. The Bertz CT molecular complexity index is 1120. The molecular weight excluding hydrogens is 494 g/mol. The summed E-state index contributed by atoms with van der Waals surface area (Å²) in [5.74, 6) is 0.508. The molecule has 204 valence electrons. The van der Waals surface area contributed by atoms with E-state index >= 15 is 0 Å². The molecule has 0 radical (unpaired) electrons. The van der Waals surface area contributed by atoms with Gasteiger partial charge >= 0.3 is 0 Å². The molecule has 2 amide bonds. The molecule has 0 aromatic heterocycles. The topological polar surface area (TPSA) is 105 Å². The summed E-state index contributed by atoms with van der Waals surface area (Å²) in [6, 6.07) is 12.9. The molecule has 2 atom stereocenters. The molecule has 0 aliphatic rings. The van der Waals surface area contributed by atoms with Crippen molar-refractivity contribution < 1.29 is 27.5 Å². The van der Waals surface area contributed by atoms with Crippen LogP contribution in [0.15, 0.2) is 48.5 Å². The number of carbonyl (C=O) groups is 2. The van der Waals surface area contributed by atoms with Gasteiger partial charge in [-0.2, -0.15) is 0 Å². The molecule has 10 heteroatoms. The van der Waals surface area contributed by atoms with E-state index in [0.29, 0.717) is 30.2 Å². The van der Waals surface area contributed by atoms with Gasteiger partial charge in [0.05, 0.1) is 25.7 Å². The summed E-state index contributed by atoms with van der Waals surface area (Å²) in [4.78, 5) is 28.3. The van der Waals surface area contributed by atoms with Crippen LogP contribution >= 0.6 is 0 Å². The monoisotopic (exact) mass is 533 g/mol. The fourth-order valence-electron chi connectivity index (χ4n) is 3.78. The highest BCUT2D eigenvalue weighted by molar-refractivity contribution is 7.92. The molecule has 0 spiro atoms. The molecule has 1 N–H and O–H groups in total. The fraction of sp³-hybridized carbons (Fsp3) is 0.481. The van der Waals surface area contributed by atoms with Gasteiger partial charge in [-0.05, 0) is 68.7 Å². The molecular formula is C27H39N3O6S. The fourth-order valence-corrected chi connectivity index (χ4v) is 4.63. The number of rotatable bonds is 14. The van der Waals surface area contributed by atoms with E-state index < -0.39 is 28.5 Å². The quantitative estimate of drug-likeness (QED) is 0.398. The van der Waals surface area contributed by atoms with Crippen LogP contribution in [0.1, 0.15) is 46.1 Å². The van der Waals surface area contributed by atoms with Crippen LogP contribution in [0.5, 0.6) is 11.5 Å². The van der Waals surface area contributed by atoms with Crippen LogP contribution < -0.4 is 19.1 Å². The van der Waals surface area contributed by atoms with E-state index in [1.807, 2.05) is 39.8 Å². The second kappa shape index (κ2) is 13.9. The zero-order valence-electron chi connectivity index (χ0n) is 22.6. The summed E-state index contributed by atoms with van der Waals surface area (Å²) in [5.41, 5.74) is 1.12. The van der Waals surface area contributed by atoms with Gasteiger partial charge in [0.25, 0.3) is 0 Å². The lowest BCUT2D eigenvalue weighted by atomic mass is 10.1. The Balaban J connectivity index is 2.41. The lowest BCUT2D eigenvalue weighted by Crippen LogP contribution is -2.53. The van der Waals surface area contributed by atoms with Crippen molar-refractivity contribution in [1.82, 2.24) is 10.2 Å². The number of benzene rings is 2. The van der Waals surface area contributed by atoms with Gasteiger partial charge in [-0.25, -0.2) is 8.42 Å². The Morgan fingerprint density at radius 1 is 0.946 bits per heavy atom. The van der Waals surface area contributed by atoms with Gasteiger partial charge in [0.2, 0.25) is 21.8 Å². The highest BCUT2D eigenvalue weighted by atomic mass is 32.2. The van der Waals surface area contributed by atoms with Gasteiger partial charge in [-0.1, -0.05) is 26.0 Å². The highest BCUT2D eigenvalue weighted by Crippen LogP contribution is 2.23. The lowest BCUT2D eigenvalue weighted by Gasteiger charge is -2.33. The summed E-state index contributed by atoms with van der Waals surface area (Å²) in [5, 5.41) is 2.95. The minimum atomic E-state index is -3.80. The number of nitrogens with one attached hydrogen (secondary N) is 1. The third-order valence-electron chi connectivity index (χ3n) is 6.01. The number of methoxy groups -OCH3 is 1. The molecule has 2 aromatic carbocycles. The van der Waals surface area contributed by atoms with E-state index in [1.165, 1.54) is 4.90 Å². The smallest absolute Gasteiger partial charge is 0.244 e. The average molecular weight is 534 g/mol. The molecule has 0 aliphatic heterocycles. The Kier molecular flexibility index (Phi) is 11.2. The summed E-state index contributed by atoms with van der Waals surface area (Å²) >= 11 is 0. The van der Waals surface area contributed by atoms with Crippen LogP contribution in [0.25, 0.3) is 0 Å². The number of anilines is 1. The number of hydrogen-bond acceptors (Lipinski definition) is 6. The normalized spacial score (nSPS) is 12.8. The zero-order chi connectivity index (χ0) is 27.6. The van der Waals surface area contributed by atoms with Crippen molar-refractivity contribution in [1.29, 1.82) is 0 Å². The van der Waals surface area contributed by atoms with Crippen molar-refractivity contribution >= 4 is 27.5 Å². The Morgan fingerprint density at radius 2 is 1.54 bits per heavy atom. The molecule has 0 fully saturated rings. The first-order chi connectivity index (χ1) is 17.5. The lowest BCUT2D eigenvalue weighted by molar-refractivity contribution is -0.140. The molecule has 0 bridgehead atoms. The second-order valence-corrected chi connectivity index (χ2v) is 10.7. The average Bonchev–Trinajstić information content (AvgIpc) is 2.87. The van der Waals surface area contributed by atoms with Crippen LogP contribution in [-0.2, 0) is 26.2 Å². The first-order valence-corrected chi connectivity index (χ1v) is 14.3. The van der Waals surface area contributed by atoms with E-state index in [9.17, 15) is 18.0 Å². The number of sulfonamides is 1. The summed E-state index contributed by atoms with van der Waals surface area (Å²) in [6.45, 7) is 7.71. The summed E-state index contributed by atoms with van der Waals surface area (Å²) in [6.07, 6.45) is 2.16. The number of carbonyl (C=O) groups excluding carboxylic acids is 2. The first kappa shape index (κ1) is 30.0. The predicted octanol–water partition coefficient (Wildman–Crippen LogP) is 3.58. The number of amides is 2. The molecule has 9 nitrogen and oxygen atoms in total. The molecule has 0 saturated heterocycles. The van der Waals surface area contributed by atoms with Crippen molar-refractivity contribution in [2.45, 2.75) is 59.2 Å². The largest absolute Gasteiger partial charge is 0.497 e. The molecule has 0 aliphatic carbocycles. The van der Waals surface area contributed by atoms with Crippen LogP contribution in [0.4, 0.5) is 5.69 Å². The van der Waals surface area contributed by atoms with Crippen molar-refractivity contribution in [2.24, 2.45) is 0 Å². The number of ether oxygens (including phenoxy) is 2. The number of nitrogens with zero attached hydrogens (tertiary/aromatic N) is 2. The SMILES string of the molecule is CCOc1ccc(N(CC(=O)N(Cc2ccc(OC)cc2)[C@@H](CC)C(=O)N[C@@H](C)CC)S(C)(=O)=O)cc1. The standard InChI is InChI=1S/C27H39N3O6S/c1-7-20(4)28-27(32)25(8-2)29(18-21-10-14-23(35-5)15-11-21)26(31)19-30(37(6,33)34)22-12-16-24(17-13-22)36-9-3/h10-17,20,25H,7-9,18-19H2,1-6H3,(H,28,32)/t20-,25-/m0/s1. The first-order valence-electron chi connectivity index (χ1n) is 12.5. The van der Waals surface area contributed by atoms with Gasteiger partial charge in [-0.3, -0.25) is 13.9 Å². The van der Waals surface area contributed by atoms with Crippen LogP contribution in [0.2, 0.25) is 0 Å². The zero-order valence-corrected chi connectivity index (χ0v) is 23.4. The number of hydrogen-bond donors (Lipinski definition) is 1. The molecule has 2 rings (SSSR count). The molecule has 2 aromatic rings. The van der Waals surface area contributed by atoms with E-state index in [2.05, 4.69) is 5.32 Å². The van der Waals surface area contributed by atoms with Crippen LogP contribution in [0, 0.1) is 0 Å². The molecule has 0 heterocycles. The van der Waals surface area contributed by atoms with E-state index in [1.54, 1.807) is 43.5 Å². The van der Waals surface area contributed by atoms with E-state index in [-0.39, 0.29) is 18.5 Å². The second-order valence-electron chi connectivity index (χ2n) is 8.81. The van der Waals surface area contributed by atoms with Crippen molar-refractivity contribution in [2.75, 3.05) is 30.8 Å². The molecule has 37 heavy (non-hydrogen) atoms. The maximum Gasteiger partial charge on any atom is 0.244 e. The van der Waals surface area contributed by atoms with Gasteiger partial charge in [0.15, 0.2) is 0 Å². The van der Waals surface area contributed by atoms with Crippen LogP contribution in [0.3, 0.4) is 0 Å². The minimum absolute atomic E-state index is 0.0594. The predicted molar refractivity (Wildman–Crippen MR) is 145 cm³/mol. The minimum Gasteiger partial charge on any atom is -0.497 e. The molecule has 0 unspecified atom stereocenters. The van der Waals surface area contributed by atoms with Crippen molar-refractivity contribution in [3.63, 3.8) is 0 Å². The van der Waals surface area contributed by atoms with Gasteiger partial charge in [0, 0.05) is 12.6 Å².